The van der Waals surface area contributed by atoms with E-state index in [4.69, 9.17) is 87.6 Å². The summed E-state index contributed by atoms with van der Waals surface area (Å²) in [5.41, 5.74) is 0. The van der Waals surface area contributed by atoms with Crippen LogP contribution in [0.3, 0.4) is 0 Å². The van der Waals surface area contributed by atoms with Crippen molar-refractivity contribution in [3.8, 4) is 0 Å². The first-order valence-electron chi connectivity index (χ1n) is 3.33. The predicted octanol–water partition coefficient (Wildman–Crippen LogP) is -7.08. The SMILES string of the molecule is O=S(=O)([O-])[O-].O=S(=O)([O-])[O-].O=S(=O)([O-])[O-].O=S(=O)([O-])[O-].O=S(=O)([O-])[O-].[Al+3].[Mn+2].[V]. The molecule has 28 heavy (non-hydrogen) atoms. The summed E-state index contributed by atoms with van der Waals surface area (Å²) in [6.07, 6.45) is 0. The average molecular weight is 613 g/mol. The second-order valence-corrected chi connectivity index (χ2v) is 6.12. The van der Waals surface area contributed by atoms with Gasteiger partial charge in [0.2, 0.25) is 0 Å². The molecule has 0 unspecified atom stereocenters. The van der Waals surface area contributed by atoms with Crippen LogP contribution in [0.25, 0.3) is 0 Å². The summed E-state index contributed by atoms with van der Waals surface area (Å²) >= 11 is 0. The zero-order valence-corrected chi connectivity index (χ0v) is 19.4. The van der Waals surface area contributed by atoms with E-state index >= 15 is 0 Å². The molecule has 0 N–H and O–H groups in total. The molecule has 0 aliphatic carbocycles. The summed E-state index contributed by atoms with van der Waals surface area (Å²) in [5, 5.41) is 0. The van der Waals surface area contributed by atoms with Gasteiger partial charge in [-0.1, -0.05) is 0 Å². The predicted molar refractivity (Wildman–Crippen MR) is 58.1 cm³/mol. The fourth-order valence-corrected chi connectivity index (χ4v) is 0. The molecular weight excluding hydrogens is 613 g/mol. The largest absolute Gasteiger partial charge is 3.00 e. The minimum atomic E-state index is -5.17. The second-order valence-electron chi connectivity index (χ2n) is 2.04. The maximum Gasteiger partial charge on any atom is 3.00 e. The third-order valence-electron chi connectivity index (χ3n) is 0. The molecule has 20 nitrogen and oxygen atoms in total. The van der Waals surface area contributed by atoms with Gasteiger partial charge in [0.15, 0.2) is 0 Å². The minimum absolute atomic E-state index is 0. The first-order valence-corrected chi connectivity index (χ1v) is 10.0. The van der Waals surface area contributed by atoms with Gasteiger partial charge < -0.3 is 45.5 Å². The molecule has 0 atom stereocenters. The topological polar surface area (TPSA) is 401 Å². The van der Waals surface area contributed by atoms with Gasteiger partial charge in [-0.05, 0) is 0 Å². The molecule has 0 fully saturated rings. The van der Waals surface area contributed by atoms with Gasteiger partial charge in [0, 0.05) is 70.6 Å². The minimum Gasteiger partial charge on any atom is -0.759 e. The van der Waals surface area contributed by atoms with E-state index < -0.39 is 52.0 Å². The van der Waals surface area contributed by atoms with Crippen LogP contribution in [0.15, 0.2) is 0 Å². The summed E-state index contributed by atoms with van der Waals surface area (Å²) in [4.78, 5) is 0. The van der Waals surface area contributed by atoms with Crippen LogP contribution in [-0.2, 0) is 87.6 Å². The van der Waals surface area contributed by atoms with E-state index in [0.29, 0.717) is 0 Å². The summed E-state index contributed by atoms with van der Waals surface area (Å²) in [6, 6.07) is 0. The van der Waals surface area contributed by atoms with Crippen LogP contribution in [-0.4, -0.2) is 105 Å². The normalized spacial score (nSPS) is 10.4. The zero-order chi connectivity index (χ0) is 22.5. The monoisotopic (exact) mass is 613 g/mol. The van der Waals surface area contributed by atoms with Crippen molar-refractivity contribution in [2.45, 2.75) is 0 Å². The summed E-state index contributed by atoms with van der Waals surface area (Å²) in [7, 11) is -25.8. The molecule has 0 aromatic heterocycles. The van der Waals surface area contributed by atoms with Gasteiger partial charge >= 0.3 is 34.4 Å². The van der Waals surface area contributed by atoms with E-state index in [2.05, 4.69) is 0 Å². The molecule has 0 saturated carbocycles. The van der Waals surface area contributed by atoms with Gasteiger partial charge in [-0.15, -0.1) is 0 Å². The van der Waals surface area contributed by atoms with Gasteiger partial charge in [-0.3, -0.25) is 42.1 Å². The Kier molecular flexibility index (Phi) is 39.1. The molecule has 0 aromatic carbocycles. The van der Waals surface area contributed by atoms with Crippen molar-refractivity contribution in [3.05, 3.63) is 0 Å². The molecule has 0 rings (SSSR count). The molecule has 0 aliphatic rings. The van der Waals surface area contributed by atoms with Crippen molar-refractivity contribution >= 4 is 69.4 Å². The van der Waals surface area contributed by atoms with E-state index in [1.54, 1.807) is 0 Å². The fourth-order valence-electron chi connectivity index (χ4n) is 0. The molecule has 0 amide bonds. The molecule has 0 aliphatic heterocycles. The van der Waals surface area contributed by atoms with Gasteiger partial charge in [-0.2, -0.15) is 0 Å². The summed E-state index contributed by atoms with van der Waals surface area (Å²) in [5.74, 6) is 0. The van der Waals surface area contributed by atoms with Gasteiger partial charge in [0.25, 0.3) is 0 Å². The number of hydrogen-bond acceptors (Lipinski definition) is 20. The third kappa shape index (κ3) is 18700. The molecule has 2 radical (unpaired) electrons. The Morgan fingerprint density at radius 1 is 0.321 bits per heavy atom. The molecule has 28 heteroatoms. The van der Waals surface area contributed by atoms with Crippen LogP contribution in [0.5, 0.6) is 0 Å². The molecule has 0 aromatic rings. The number of rotatable bonds is 0. The number of hydrogen-bond donors (Lipinski definition) is 0. The maximum atomic E-state index is 8.52. The van der Waals surface area contributed by atoms with E-state index in [1.807, 2.05) is 0 Å². The van der Waals surface area contributed by atoms with E-state index in [0.717, 1.165) is 0 Å². The molecule has 0 spiro atoms. The van der Waals surface area contributed by atoms with Crippen LogP contribution >= 0.6 is 0 Å². The Labute approximate surface area is 191 Å². The van der Waals surface area contributed by atoms with Gasteiger partial charge in [0.1, 0.15) is 0 Å². The van der Waals surface area contributed by atoms with Crippen molar-refractivity contribution in [1.82, 2.24) is 0 Å². The average Bonchev–Trinajstić information content (AvgIpc) is 1.79. The van der Waals surface area contributed by atoms with Crippen molar-refractivity contribution in [1.29, 1.82) is 0 Å². The third-order valence-corrected chi connectivity index (χ3v) is 0. The van der Waals surface area contributed by atoms with Crippen LogP contribution in [0, 0.1) is 0 Å². The van der Waals surface area contributed by atoms with E-state index in [-0.39, 0.29) is 53.0 Å². The molecule has 170 valence electrons. The van der Waals surface area contributed by atoms with Crippen molar-refractivity contribution in [2.75, 3.05) is 0 Å². The van der Waals surface area contributed by atoms with Crippen LogP contribution in [0.2, 0.25) is 0 Å². The molecule has 0 saturated heterocycles. The Hall–Kier alpha value is 0.986. The standard InChI is InChI=1S/Al.Mn.5H2O4S.V/c;;5*1-5(2,3)4;/h;;5*(H2,1,2,3,4);/q+3;+2;;;;;;/p-10. The van der Waals surface area contributed by atoms with Gasteiger partial charge in [0.05, 0.1) is 0 Å². The molecule has 0 heterocycles. The Morgan fingerprint density at radius 3 is 0.321 bits per heavy atom. The quantitative estimate of drug-likeness (QED) is 0.139. The first kappa shape index (κ1) is 51.5. The fraction of sp³-hybridized carbons (Fsp3) is 0. The van der Waals surface area contributed by atoms with Crippen molar-refractivity contribution in [3.63, 3.8) is 0 Å². The summed E-state index contributed by atoms with van der Waals surface area (Å²) < 4.78 is 170. The smallest absolute Gasteiger partial charge is 0.759 e. The molecule has 0 bridgehead atoms. The van der Waals surface area contributed by atoms with Crippen LogP contribution < -0.4 is 0 Å². The van der Waals surface area contributed by atoms with Crippen molar-refractivity contribution in [2.24, 2.45) is 0 Å². The second kappa shape index (κ2) is 21.2. The Bertz CT molecular complexity index is 627. The van der Waals surface area contributed by atoms with E-state index in [1.165, 1.54) is 0 Å². The first-order chi connectivity index (χ1) is 10.0. The van der Waals surface area contributed by atoms with Crippen LogP contribution in [0.4, 0.5) is 0 Å². The molecular formula is AlMnO20S5V-5. The van der Waals surface area contributed by atoms with Gasteiger partial charge in [-0.25, -0.2) is 0 Å². The Balaban J connectivity index is -0.0000000290. The van der Waals surface area contributed by atoms with Crippen molar-refractivity contribution < 1.29 is 123 Å². The Morgan fingerprint density at radius 2 is 0.321 bits per heavy atom. The van der Waals surface area contributed by atoms with Crippen LogP contribution in [0.1, 0.15) is 0 Å². The summed E-state index contributed by atoms with van der Waals surface area (Å²) in [6.45, 7) is 0. The van der Waals surface area contributed by atoms with E-state index in [9.17, 15) is 0 Å². The zero-order valence-electron chi connectivity index (χ0n) is 11.6. The maximum absolute atomic E-state index is 8.52.